The van der Waals surface area contributed by atoms with Crippen LogP contribution >= 0.6 is 15.9 Å². The molecule has 0 amide bonds. The summed E-state index contributed by atoms with van der Waals surface area (Å²) in [5.41, 5.74) is 2.74. The zero-order valence-corrected chi connectivity index (χ0v) is 46.7. The average Bonchev–Trinajstić information content (AvgIpc) is 4.05. The Hall–Kier alpha value is -4.82. The summed E-state index contributed by atoms with van der Waals surface area (Å²) in [7, 11) is -3.79. The van der Waals surface area contributed by atoms with Crippen molar-refractivity contribution in [2.45, 2.75) is 117 Å². The highest BCUT2D eigenvalue weighted by atomic mass is 79.9. The summed E-state index contributed by atoms with van der Waals surface area (Å²) in [6, 6.07) is 11.5. The number of halogens is 3. The topological polar surface area (TPSA) is 131 Å². The number of hydrogen-bond donors (Lipinski definition) is 0. The number of benzene rings is 2. The van der Waals surface area contributed by atoms with E-state index in [0.717, 1.165) is 0 Å². The molecule has 0 saturated carbocycles. The van der Waals surface area contributed by atoms with E-state index in [1.807, 2.05) is 36.4 Å². The third-order valence-electron chi connectivity index (χ3n) is 13.4. The fourth-order valence-electron chi connectivity index (χ4n) is 6.29. The zero-order valence-electron chi connectivity index (χ0n) is 43.1. The normalized spacial score (nSPS) is 16.6. The molecule has 0 N–H and O–H groups in total. The van der Waals surface area contributed by atoms with Crippen molar-refractivity contribution in [1.82, 2.24) is 19.1 Å². The molecular formula is C52H68BBrF2N6O6Si2. The van der Waals surface area contributed by atoms with Gasteiger partial charge >= 0.3 is 7.12 Å². The zero-order chi connectivity index (χ0) is 51.9. The molecule has 374 valence electrons. The smallest absolute Gasteiger partial charge is 0.413 e. The molecule has 0 bridgehead atoms. The molecule has 1 saturated heterocycles. The first-order chi connectivity index (χ1) is 32.5. The highest BCUT2D eigenvalue weighted by Gasteiger charge is 2.50. The molecule has 4 aromatic rings. The molecule has 0 atom stereocenters. The molecule has 2 aromatic heterocycles. The summed E-state index contributed by atoms with van der Waals surface area (Å²) in [6.45, 7) is 32.7. The second kappa shape index (κ2) is 22.7. The van der Waals surface area contributed by atoms with Gasteiger partial charge in [0.2, 0.25) is 0 Å². The van der Waals surface area contributed by atoms with E-state index in [1.165, 1.54) is 33.4 Å². The molecule has 5 heterocycles. The van der Waals surface area contributed by atoms with Crippen LogP contribution in [-0.2, 0) is 18.2 Å². The van der Waals surface area contributed by atoms with Gasteiger partial charge in [0.05, 0.1) is 43.2 Å². The van der Waals surface area contributed by atoms with Crippen LogP contribution < -0.4 is 11.1 Å². The Bertz CT molecular complexity index is 2770. The van der Waals surface area contributed by atoms with Gasteiger partial charge in [-0.2, -0.15) is 0 Å². The van der Waals surface area contributed by atoms with E-state index in [4.69, 9.17) is 18.2 Å². The lowest BCUT2D eigenvalue weighted by molar-refractivity contribution is 0.00578. The highest BCUT2D eigenvalue weighted by Crippen LogP contribution is 2.38. The summed E-state index contributed by atoms with van der Waals surface area (Å²) in [6.07, 6.45) is 16.0. The molecule has 18 heteroatoms. The number of aliphatic imine (C=N–C) groups is 2. The molecule has 0 unspecified atom stereocenters. The fraction of sp³-hybridized carbons (Fsp3) is 0.423. The molecule has 0 aliphatic carbocycles. The van der Waals surface area contributed by atoms with Crippen molar-refractivity contribution in [2.75, 3.05) is 26.3 Å². The molecule has 0 spiro atoms. The van der Waals surface area contributed by atoms with Crippen LogP contribution in [0, 0.1) is 11.6 Å². The molecule has 7 rings (SSSR count). The Kier molecular flexibility index (Phi) is 18.2. The Labute approximate surface area is 422 Å². The highest BCUT2D eigenvalue weighted by molar-refractivity contribution is 9.10. The van der Waals surface area contributed by atoms with E-state index < -0.39 is 16.6 Å². The minimum absolute atomic E-state index is 0.135. The monoisotopic (exact) mass is 1060 g/mol. The minimum Gasteiger partial charge on any atom is -0.413 e. The van der Waals surface area contributed by atoms with E-state index >= 15 is 0 Å². The third kappa shape index (κ3) is 14.4. The van der Waals surface area contributed by atoms with Gasteiger partial charge in [0.15, 0.2) is 16.6 Å². The summed E-state index contributed by atoms with van der Waals surface area (Å²) < 4.78 is 53.9. The van der Waals surface area contributed by atoms with Crippen molar-refractivity contribution < 1.29 is 26.9 Å². The van der Waals surface area contributed by atoms with Gasteiger partial charge in [-0.1, -0.05) is 71.8 Å². The third-order valence-corrected chi connectivity index (χ3v) is 22.8. The molecule has 2 aromatic carbocycles. The molecule has 70 heavy (non-hydrogen) atoms. The van der Waals surface area contributed by atoms with Crippen LogP contribution in [0.5, 0.6) is 0 Å². The molecule has 12 nitrogen and oxygen atoms in total. The van der Waals surface area contributed by atoms with E-state index in [0.29, 0.717) is 70.5 Å². The van der Waals surface area contributed by atoms with Crippen LogP contribution in [0.15, 0.2) is 115 Å². The Balaban J connectivity index is 0.000000202. The molecular weight excluding hydrogens is 989 g/mol. The number of allylic oxidation sites excluding steroid dienone is 2. The number of nitrogens with zero attached hydrogens (tertiary/aromatic N) is 6. The Morgan fingerprint density at radius 1 is 0.686 bits per heavy atom. The van der Waals surface area contributed by atoms with Gasteiger partial charge in [-0.05, 0) is 134 Å². The Morgan fingerprint density at radius 2 is 1.10 bits per heavy atom. The van der Waals surface area contributed by atoms with Crippen LogP contribution in [0.1, 0.15) is 86.3 Å². The fourth-order valence-corrected chi connectivity index (χ4v) is 8.56. The van der Waals surface area contributed by atoms with Gasteiger partial charge in [-0.15, -0.1) is 0 Å². The molecule has 3 aliphatic rings. The average molecular weight is 1060 g/mol. The summed E-state index contributed by atoms with van der Waals surface area (Å²) in [5, 5.41) is 0.377. The van der Waals surface area contributed by atoms with Crippen molar-refractivity contribution in [3.05, 3.63) is 145 Å². The quantitative estimate of drug-likeness (QED) is 0.128. The van der Waals surface area contributed by atoms with Crippen molar-refractivity contribution in [3.8, 4) is 11.4 Å². The van der Waals surface area contributed by atoms with Gasteiger partial charge in [-0.25, -0.2) is 18.7 Å². The predicted molar refractivity (Wildman–Crippen MR) is 291 cm³/mol. The van der Waals surface area contributed by atoms with Crippen LogP contribution in [0.3, 0.4) is 0 Å². The van der Waals surface area contributed by atoms with Gasteiger partial charge in [0.1, 0.15) is 27.6 Å². The lowest BCUT2D eigenvalue weighted by Crippen LogP contribution is -2.41. The maximum Gasteiger partial charge on any atom is 0.486 e. The van der Waals surface area contributed by atoms with Gasteiger partial charge in [0, 0.05) is 47.3 Å². The van der Waals surface area contributed by atoms with E-state index in [1.54, 1.807) is 49.1 Å². The second-order valence-electron chi connectivity index (χ2n) is 21.1. The summed E-state index contributed by atoms with van der Waals surface area (Å²) in [4.78, 5) is 42.5. The summed E-state index contributed by atoms with van der Waals surface area (Å²) in [5.74, 6) is 1.26. The largest absolute Gasteiger partial charge is 0.486 e. The van der Waals surface area contributed by atoms with Crippen molar-refractivity contribution in [3.63, 3.8) is 0 Å². The van der Waals surface area contributed by atoms with Crippen LogP contribution in [0.25, 0.3) is 28.6 Å². The van der Waals surface area contributed by atoms with Crippen LogP contribution in [-0.4, -0.2) is 92.8 Å². The molecule has 3 aliphatic heterocycles. The van der Waals surface area contributed by atoms with Gasteiger partial charge in [-0.3, -0.25) is 28.7 Å². The maximum atomic E-state index is 13.3. The van der Waals surface area contributed by atoms with Crippen molar-refractivity contribution in [1.29, 1.82) is 0 Å². The van der Waals surface area contributed by atoms with E-state index in [-0.39, 0.29) is 51.1 Å². The first-order valence-electron chi connectivity index (χ1n) is 23.3. The lowest BCUT2D eigenvalue weighted by atomic mass is 9.90. The Morgan fingerprint density at radius 3 is 1.51 bits per heavy atom. The van der Waals surface area contributed by atoms with Crippen LogP contribution in [0.4, 0.5) is 8.78 Å². The van der Waals surface area contributed by atoms with Gasteiger partial charge < -0.3 is 18.2 Å². The molecule has 0 radical (unpaired) electrons. The maximum absolute atomic E-state index is 13.3. The van der Waals surface area contributed by atoms with Crippen LogP contribution in [0.2, 0.25) is 36.3 Å². The number of hydrogen-bond acceptors (Lipinski definition) is 10. The summed E-state index contributed by atoms with van der Waals surface area (Å²) >= 11 is 3.29. The predicted octanol–water partition coefficient (Wildman–Crippen LogP) is 11.7. The SMILES string of the molecule is CC(C)(C)[Si](C)(C)OC/C=C/c1cn(-c2ccc(F)cc2)c(=O)c(C2=CCN=C2)n1.CC1(C)OB(/C=C/CO[Si](C)(C)C(C)(C)C)OC1(C)C.O=c1c(C2=CCN=C2)nc(Br)cn1-c1ccc(F)cc1. The lowest BCUT2D eigenvalue weighted by Gasteiger charge is -2.35. The number of rotatable bonds is 12. The van der Waals surface area contributed by atoms with Gasteiger partial charge in [0.25, 0.3) is 11.1 Å². The first kappa shape index (κ1) is 56.1. The van der Waals surface area contributed by atoms with E-state index in [9.17, 15) is 18.4 Å². The molecule has 1 fully saturated rings. The van der Waals surface area contributed by atoms with E-state index in [2.05, 4.69) is 131 Å². The second-order valence-corrected chi connectivity index (χ2v) is 31.6. The van der Waals surface area contributed by atoms with Crippen molar-refractivity contribution >= 4 is 69.3 Å². The van der Waals surface area contributed by atoms with Crippen molar-refractivity contribution in [2.24, 2.45) is 9.98 Å². The first-order valence-corrected chi connectivity index (χ1v) is 30.0. The number of aromatic nitrogens is 4. The minimum atomic E-state index is -1.84. The standard InChI is InChI=1S/C23H28FN3O2Si.C15H31BO3Si.C14H9BrFN3O/c1-23(2,3)30(4,5)29-14-6-7-19-16-27(20-10-8-18(24)9-11-20)22(28)21(26-19)17-12-13-25-15-17;1-13(2,3)20(8,9)17-12-10-11-16-18-14(4,5)15(6,7)19-16;15-12-8-19(11-3-1-10(16)2-4-11)14(20)13(18-12)9-5-6-17-7-9/h6-12,15-16H,13-14H2,1-5H3;10-11H,12H2,1-9H3;1-5,7-8H,6H2/b7-6+;11-10+;.